The smallest absolute Gasteiger partial charge is 0.194 e. The van der Waals surface area contributed by atoms with Crippen LogP contribution in [0.5, 0.6) is 5.75 Å². The van der Waals surface area contributed by atoms with E-state index >= 15 is 0 Å². The predicted octanol–water partition coefficient (Wildman–Crippen LogP) is 3.86. The van der Waals surface area contributed by atoms with Crippen molar-refractivity contribution in [3.05, 3.63) is 28.2 Å². The second kappa shape index (κ2) is 13.1. The lowest BCUT2D eigenvalue weighted by Gasteiger charge is -2.34. The molecule has 1 aliphatic heterocycles. The van der Waals surface area contributed by atoms with E-state index in [1.54, 1.807) is 19.2 Å². The van der Waals surface area contributed by atoms with E-state index in [1.165, 1.54) is 0 Å². The number of methoxy groups -OCH3 is 1. The Hall–Kier alpha value is -1.21. The Balaban J connectivity index is 1.76. The summed E-state index contributed by atoms with van der Waals surface area (Å²) in [7, 11) is 1.72. The average Bonchev–Trinajstić information content (AvgIpc) is 2.71. The molecule has 0 spiro atoms. The molecule has 0 radical (unpaired) electrons. The number of rotatable bonds is 10. The first-order valence-electron chi connectivity index (χ1n) is 9.86. The van der Waals surface area contributed by atoms with E-state index in [9.17, 15) is 0 Å². The maximum Gasteiger partial charge on any atom is 0.194 e. The summed E-state index contributed by atoms with van der Waals surface area (Å²) in [6.07, 6.45) is 3.28. The van der Waals surface area contributed by atoms with E-state index < -0.39 is 0 Å². The molecule has 1 aromatic rings. The highest BCUT2D eigenvalue weighted by Crippen LogP contribution is 2.31. The monoisotopic (exact) mass is 431 g/mol. The van der Waals surface area contributed by atoms with Crippen LogP contribution in [0.2, 0.25) is 10.0 Å². The van der Waals surface area contributed by atoms with Gasteiger partial charge in [-0.1, -0.05) is 29.3 Å². The molecular weight excluding hydrogens is 401 g/mol. The Kier molecular flexibility index (Phi) is 10.8. The topological polar surface area (TPSA) is 55.3 Å². The van der Waals surface area contributed by atoms with Gasteiger partial charge in [-0.25, -0.2) is 4.99 Å². The van der Waals surface area contributed by atoms with Crippen molar-refractivity contribution in [2.75, 3.05) is 53.1 Å². The van der Waals surface area contributed by atoms with Crippen molar-refractivity contribution < 1.29 is 14.2 Å². The van der Waals surface area contributed by atoms with Crippen LogP contribution >= 0.6 is 23.2 Å². The number of aliphatic imine (C=N–C) groups is 1. The first-order chi connectivity index (χ1) is 13.7. The molecule has 0 aliphatic carbocycles. The van der Waals surface area contributed by atoms with Crippen molar-refractivity contribution in [2.24, 2.45) is 4.99 Å². The van der Waals surface area contributed by atoms with Crippen molar-refractivity contribution in [1.29, 1.82) is 0 Å². The van der Waals surface area contributed by atoms with Gasteiger partial charge < -0.3 is 24.4 Å². The molecule has 1 aliphatic rings. The molecule has 1 saturated heterocycles. The van der Waals surface area contributed by atoms with Gasteiger partial charge in [-0.3, -0.25) is 0 Å². The molecule has 1 heterocycles. The van der Waals surface area contributed by atoms with Crippen LogP contribution in [0.25, 0.3) is 0 Å². The highest BCUT2D eigenvalue weighted by molar-refractivity contribution is 6.42. The number of hydrogen-bond donors (Lipinski definition) is 1. The van der Waals surface area contributed by atoms with Crippen molar-refractivity contribution >= 4 is 29.2 Å². The molecule has 1 fully saturated rings. The minimum Gasteiger partial charge on any atom is -0.490 e. The molecular formula is C20H31Cl2N3O3. The second-order valence-electron chi connectivity index (χ2n) is 6.54. The van der Waals surface area contributed by atoms with E-state index in [2.05, 4.69) is 22.1 Å². The van der Waals surface area contributed by atoms with E-state index in [0.29, 0.717) is 35.1 Å². The molecule has 158 valence electrons. The lowest BCUT2D eigenvalue weighted by molar-refractivity contribution is 0.00990. The normalized spacial score (nSPS) is 15.7. The first kappa shape index (κ1) is 23.1. The van der Waals surface area contributed by atoms with E-state index in [1.807, 2.05) is 6.07 Å². The summed E-state index contributed by atoms with van der Waals surface area (Å²) >= 11 is 12.1. The van der Waals surface area contributed by atoms with Gasteiger partial charge in [0, 0.05) is 40.0 Å². The third-order valence-electron chi connectivity index (χ3n) is 4.45. The van der Waals surface area contributed by atoms with Gasteiger partial charge in [0.2, 0.25) is 0 Å². The Morgan fingerprint density at radius 2 is 2.00 bits per heavy atom. The van der Waals surface area contributed by atoms with Crippen molar-refractivity contribution in [2.45, 2.75) is 32.3 Å². The zero-order chi connectivity index (χ0) is 20.2. The number of nitrogens with zero attached hydrogens (tertiary/aromatic N) is 2. The van der Waals surface area contributed by atoms with Crippen LogP contribution in [-0.4, -0.2) is 70.1 Å². The molecule has 0 unspecified atom stereocenters. The zero-order valence-corrected chi connectivity index (χ0v) is 18.3. The highest BCUT2D eigenvalue weighted by atomic mass is 35.5. The summed E-state index contributed by atoms with van der Waals surface area (Å²) in [6, 6.07) is 5.36. The molecule has 0 atom stereocenters. The van der Waals surface area contributed by atoms with Gasteiger partial charge in [-0.15, -0.1) is 0 Å². The summed E-state index contributed by atoms with van der Waals surface area (Å²) < 4.78 is 16.7. The summed E-state index contributed by atoms with van der Waals surface area (Å²) in [5, 5.41) is 4.29. The number of guanidine groups is 1. The minimum atomic E-state index is 0.323. The van der Waals surface area contributed by atoms with Crippen LogP contribution in [0, 0.1) is 0 Å². The van der Waals surface area contributed by atoms with Gasteiger partial charge >= 0.3 is 0 Å². The maximum absolute atomic E-state index is 6.14. The van der Waals surface area contributed by atoms with Crippen LogP contribution in [0.3, 0.4) is 0 Å². The lowest BCUT2D eigenvalue weighted by Crippen LogP contribution is -2.47. The number of hydrogen-bond acceptors (Lipinski definition) is 4. The maximum atomic E-state index is 6.14. The number of piperidine rings is 1. The molecule has 28 heavy (non-hydrogen) atoms. The number of ether oxygens (including phenoxy) is 3. The van der Waals surface area contributed by atoms with E-state index in [4.69, 9.17) is 37.4 Å². The largest absolute Gasteiger partial charge is 0.490 e. The average molecular weight is 432 g/mol. The molecule has 1 N–H and O–H groups in total. The molecule has 0 aromatic heterocycles. The molecule has 0 bridgehead atoms. The van der Waals surface area contributed by atoms with Gasteiger partial charge in [-0.05, 0) is 38.3 Å². The molecule has 0 amide bonds. The zero-order valence-electron chi connectivity index (χ0n) is 16.8. The Morgan fingerprint density at radius 3 is 2.71 bits per heavy atom. The second-order valence-corrected chi connectivity index (χ2v) is 7.32. The fourth-order valence-electron chi connectivity index (χ4n) is 3.02. The van der Waals surface area contributed by atoms with Crippen LogP contribution in [-0.2, 0) is 9.47 Å². The summed E-state index contributed by atoms with van der Waals surface area (Å²) in [5.74, 6) is 1.50. The fraction of sp³-hybridized carbons (Fsp3) is 0.650. The summed E-state index contributed by atoms with van der Waals surface area (Å²) in [5.41, 5.74) is 0. The van der Waals surface area contributed by atoms with Crippen LogP contribution < -0.4 is 10.1 Å². The third kappa shape index (κ3) is 7.66. The molecule has 6 nitrogen and oxygen atoms in total. The van der Waals surface area contributed by atoms with E-state index in [-0.39, 0.29) is 0 Å². The van der Waals surface area contributed by atoms with Gasteiger partial charge in [0.05, 0.1) is 17.7 Å². The Labute approximate surface area is 178 Å². The predicted molar refractivity (Wildman–Crippen MR) is 115 cm³/mol. The van der Waals surface area contributed by atoms with Gasteiger partial charge in [0.25, 0.3) is 0 Å². The van der Waals surface area contributed by atoms with Crippen molar-refractivity contribution in [1.82, 2.24) is 10.2 Å². The molecule has 8 heteroatoms. The standard InChI is InChI=1S/C20H31Cl2N3O3/c1-3-23-20(24-10-15-28-18-7-4-6-17(21)19(18)22)25-11-8-16(9-12-25)27-14-5-13-26-2/h4,6-7,16H,3,5,8-15H2,1-2H3,(H,23,24). The van der Waals surface area contributed by atoms with Crippen LogP contribution in [0.1, 0.15) is 26.2 Å². The fourth-order valence-corrected chi connectivity index (χ4v) is 3.36. The van der Waals surface area contributed by atoms with Crippen LogP contribution in [0.15, 0.2) is 23.2 Å². The number of halogens is 2. The number of likely N-dealkylation sites (tertiary alicyclic amines) is 1. The molecule has 0 saturated carbocycles. The number of benzene rings is 1. The Morgan fingerprint density at radius 1 is 1.21 bits per heavy atom. The summed E-state index contributed by atoms with van der Waals surface area (Å²) in [6.45, 7) is 7.25. The first-order valence-corrected chi connectivity index (χ1v) is 10.6. The SMILES string of the molecule is CCNC(=NCCOc1cccc(Cl)c1Cl)N1CCC(OCCCOC)CC1. The van der Waals surface area contributed by atoms with E-state index in [0.717, 1.165) is 58.1 Å². The van der Waals surface area contributed by atoms with Crippen molar-refractivity contribution in [3.8, 4) is 5.75 Å². The van der Waals surface area contributed by atoms with Gasteiger partial charge in [-0.2, -0.15) is 0 Å². The van der Waals surface area contributed by atoms with Crippen LogP contribution in [0.4, 0.5) is 0 Å². The lowest BCUT2D eigenvalue weighted by atomic mass is 10.1. The van der Waals surface area contributed by atoms with Gasteiger partial charge in [0.15, 0.2) is 5.96 Å². The third-order valence-corrected chi connectivity index (χ3v) is 5.25. The number of nitrogens with one attached hydrogen (secondary N) is 1. The molecule has 1 aromatic carbocycles. The molecule has 2 rings (SSSR count). The van der Waals surface area contributed by atoms with Crippen molar-refractivity contribution in [3.63, 3.8) is 0 Å². The minimum absolute atomic E-state index is 0.323. The highest BCUT2D eigenvalue weighted by Gasteiger charge is 2.21. The Bertz CT molecular complexity index is 608. The quantitative estimate of drug-likeness (QED) is 0.346. The van der Waals surface area contributed by atoms with Gasteiger partial charge in [0.1, 0.15) is 17.4 Å². The summed E-state index contributed by atoms with van der Waals surface area (Å²) in [4.78, 5) is 6.97.